The fraction of sp³-hybridized carbons (Fsp3) is 0.500. The number of phenolic OH excluding ortho intramolecular Hbond substituents is 1. The molecule has 0 amide bonds. The Balaban J connectivity index is 0.846. The smallest absolute Gasteiger partial charge is 0.313 e. The van der Waals surface area contributed by atoms with Gasteiger partial charge in [-0.15, -0.1) is 0 Å². The van der Waals surface area contributed by atoms with E-state index in [1.807, 2.05) is 0 Å². The van der Waals surface area contributed by atoms with Gasteiger partial charge in [-0.05, 0) is 95.8 Å². The number of aliphatic hydroxyl groups is 3. The van der Waals surface area contributed by atoms with Gasteiger partial charge in [0.25, 0.3) is 0 Å². The van der Waals surface area contributed by atoms with Gasteiger partial charge in [-0.1, -0.05) is 0 Å². The minimum Gasteiger partial charge on any atom is -0.502 e. The van der Waals surface area contributed by atoms with Crippen LogP contribution in [0.4, 0.5) is 0 Å². The summed E-state index contributed by atoms with van der Waals surface area (Å²) in [7, 11) is 4.35. The summed E-state index contributed by atoms with van der Waals surface area (Å²) >= 11 is 0. The number of fused-ring (bicyclic) bond motifs is 7. The molecule has 6 heterocycles. The highest BCUT2D eigenvalue weighted by molar-refractivity contribution is 5.83. The van der Waals surface area contributed by atoms with Crippen molar-refractivity contribution in [3.05, 3.63) is 81.9 Å². The van der Waals surface area contributed by atoms with Crippen LogP contribution in [0.1, 0.15) is 71.3 Å². The molecule has 14 atom stereocenters. The molecule has 6 aliphatic heterocycles. The molecular formula is C52H54O21. The van der Waals surface area contributed by atoms with Crippen molar-refractivity contribution in [2.24, 2.45) is 23.2 Å². The van der Waals surface area contributed by atoms with Crippen LogP contribution in [0.5, 0.6) is 57.5 Å². The fourth-order valence-corrected chi connectivity index (χ4v) is 12.2. The topological polar surface area (TPSA) is 254 Å². The second-order valence-electron chi connectivity index (χ2n) is 19.4. The molecule has 4 fully saturated rings. The van der Waals surface area contributed by atoms with E-state index in [1.165, 1.54) is 21.3 Å². The second kappa shape index (κ2) is 18.2. The van der Waals surface area contributed by atoms with Crippen LogP contribution < -0.4 is 42.6 Å². The van der Waals surface area contributed by atoms with Gasteiger partial charge in [0.15, 0.2) is 58.6 Å². The van der Waals surface area contributed by atoms with Crippen LogP contribution in [-0.2, 0) is 38.0 Å². The molecule has 0 spiro atoms. The molecule has 4 N–H and O–H groups in total. The van der Waals surface area contributed by atoms with Gasteiger partial charge in [0.2, 0.25) is 25.1 Å². The Morgan fingerprint density at radius 2 is 1.29 bits per heavy atom. The van der Waals surface area contributed by atoms with Crippen molar-refractivity contribution in [2.75, 3.05) is 67.9 Å². The first-order valence-electron chi connectivity index (χ1n) is 24.1. The molecule has 4 aromatic rings. The molecule has 388 valence electrons. The lowest BCUT2D eigenvalue weighted by Gasteiger charge is -2.47. The maximum atomic E-state index is 14.0. The number of methoxy groups -OCH3 is 3. The number of rotatable bonds is 12. The lowest BCUT2D eigenvalue weighted by Crippen LogP contribution is -2.63. The molecule has 0 unspecified atom stereocenters. The summed E-state index contributed by atoms with van der Waals surface area (Å²) in [4.78, 5) is 27.8. The van der Waals surface area contributed by atoms with Crippen LogP contribution in [0, 0.1) is 23.2 Å². The summed E-state index contributed by atoms with van der Waals surface area (Å²) in [6, 6.07) is 13.9. The third-order valence-corrected chi connectivity index (χ3v) is 15.7. The third kappa shape index (κ3) is 7.52. The molecule has 12 rings (SSSR count). The van der Waals surface area contributed by atoms with Crippen molar-refractivity contribution in [1.82, 2.24) is 0 Å². The molecule has 21 heteroatoms. The SMILES string of the molecule is COc1cc([C@@H]2c3cc4c(cc3[C@@H](O[C@@H]3O[C@@H]5CO[C@@H](C)O[C@H]5[C@H](O)[C@H]3O)[C@H]3COC(=O)[C@H]23)OCO4)cc(OCCOc2cc([C@@H]3c4cc5c(cc4[C@H](O)[C@H]4COC(=O)[C@]34C)OCO5)cc(OC)c2OC)c1O. The van der Waals surface area contributed by atoms with E-state index in [1.54, 1.807) is 62.4 Å². The van der Waals surface area contributed by atoms with E-state index in [9.17, 15) is 30.0 Å². The standard InChI is InChI=1S/C52H54O21/c1-21-64-18-38-48(71-21)44(55)45(56)50(72-38)73-46-27-15-33-30(67-19-70-33)12-24(27)39(40-28(46)16-65-49(40)57)22-8-34(59-3)43(54)35(9-22)62-6-7-63-37-11-23(10-36(60-4)47(37)61-5)41-25-13-31-32(69-20-68-31)14-26(25)42(53)29-17-66-51(58)52(29,41)2/h8-15,21,28-29,38-42,44-46,48,50,53-56H,6-7,16-20H2,1-5H3/t21-,28+,29-,38-,39-,40+,41-,42+,44-,45-,46-,48-,50+,52+/m1/s1. The molecule has 0 saturated carbocycles. The van der Waals surface area contributed by atoms with Crippen molar-refractivity contribution in [2.45, 2.75) is 74.9 Å². The first-order valence-corrected chi connectivity index (χ1v) is 24.1. The van der Waals surface area contributed by atoms with Crippen LogP contribution in [-0.4, -0.2) is 137 Å². The molecule has 73 heavy (non-hydrogen) atoms. The second-order valence-corrected chi connectivity index (χ2v) is 19.4. The van der Waals surface area contributed by atoms with Crippen molar-refractivity contribution in [3.63, 3.8) is 0 Å². The van der Waals surface area contributed by atoms with Gasteiger partial charge in [0.05, 0.1) is 64.7 Å². The number of ether oxygens (including phenoxy) is 15. The number of phenols is 1. The van der Waals surface area contributed by atoms with Crippen molar-refractivity contribution in [3.8, 4) is 57.5 Å². The Morgan fingerprint density at radius 1 is 0.658 bits per heavy atom. The van der Waals surface area contributed by atoms with E-state index in [0.29, 0.717) is 62.1 Å². The minimum atomic E-state index is -1.52. The summed E-state index contributed by atoms with van der Waals surface area (Å²) < 4.78 is 88.6. The highest BCUT2D eigenvalue weighted by atomic mass is 16.8. The molecule has 2 aliphatic carbocycles. The van der Waals surface area contributed by atoms with Crippen molar-refractivity contribution in [1.29, 1.82) is 0 Å². The van der Waals surface area contributed by atoms with Gasteiger partial charge in [-0.25, -0.2) is 0 Å². The first kappa shape index (κ1) is 47.5. The van der Waals surface area contributed by atoms with Gasteiger partial charge in [-0.2, -0.15) is 0 Å². The summed E-state index contributed by atoms with van der Waals surface area (Å²) in [5.41, 5.74) is 2.37. The zero-order chi connectivity index (χ0) is 50.6. The van der Waals surface area contributed by atoms with E-state index in [4.69, 9.17) is 71.1 Å². The lowest BCUT2D eigenvalue weighted by atomic mass is 9.57. The number of carbonyl (C=O) groups excluding carboxylic acids is 2. The highest BCUT2D eigenvalue weighted by Crippen LogP contribution is 2.62. The van der Waals surface area contributed by atoms with E-state index in [2.05, 4.69) is 0 Å². The predicted octanol–water partition coefficient (Wildman–Crippen LogP) is 3.89. The number of hydrogen-bond donors (Lipinski definition) is 4. The average molecular weight is 1010 g/mol. The number of esters is 2. The van der Waals surface area contributed by atoms with Crippen molar-refractivity contribution < 1.29 is 101 Å². The van der Waals surface area contributed by atoms with Crippen molar-refractivity contribution >= 4 is 11.9 Å². The molecule has 4 saturated heterocycles. The Kier molecular flexibility index (Phi) is 11.8. The summed E-state index contributed by atoms with van der Waals surface area (Å²) in [6.07, 6.45) is -8.38. The maximum absolute atomic E-state index is 14.0. The minimum absolute atomic E-state index is 0.0168. The Bertz CT molecular complexity index is 2850. The molecular weight excluding hydrogens is 961 g/mol. The fourth-order valence-electron chi connectivity index (χ4n) is 12.2. The van der Waals surface area contributed by atoms with Gasteiger partial charge in [0, 0.05) is 23.7 Å². The van der Waals surface area contributed by atoms with Crippen LogP contribution in [0.3, 0.4) is 0 Å². The summed E-state index contributed by atoms with van der Waals surface area (Å²) in [6.45, 7) is 3.30. The van der Waals surface area contributed by atoms with E-state index >= 15 is 0 Å². The number of benzene rings is 4. The molecule has 0 aromatic heterocycles. The average Bonchev–Trinajstić information content (AvgIpc) is 4.21. The number of carbonyl (C=O) groups is 2. The predicted molar refractivity (Wildman–Crippen MR) is 244 cm³/mol. The van der Waals surface area contributed by atoms with E-state index < -0.39 is 96.1 Å². The van der Waals surface area contributed by atoms with Gasteiger partial charge in [-0.3, -0.25) is 9.59 Å². The number of hydrogen-bond acceptors (Lipinski definition) is 21. The van der Waals surface area contributed by atoms with Crippen LogP contribution in [0.15, 0.2) is 48.5 Å². The third-order valence-electron chi connectivity index (χ3n) is 15.7. The quantitative estimate of drug-likeness (QED) is 0.116. The zero-order valence-electron chi connectivity index (χ0n) is 40.3. The lowest BCUT2D eigenvalue weighted by molar-refractivity contribution is -0.364. The van der Waals surface area contributed by atoms with Crippen LogP contribution >= 0.6 is 0 Å². The normalized spacial score (nSPS) is 33.1. The van der Waals surface area contributed by atoms with Gasteiger partial charge in [0.1, 0.15) is 37.6 Å². The molecule has 21 nitrogen and oxygen atoms in total. The summed E-state index contributed by atoms with van der Waals surface area (Å²) in [5, 5.41) is 45.7. The van der Waals surface area contributed by atoms with Gasteiger partial charge >= 0.3 is 11.9 Å². The molecule has 8 aliphatic rings. The van der Waals surface area contributed by atoms with Crippen LogP contribution in [0.2, 0.25) is 0 Å². The molecule has 0 bridgehead atoms. The monoisotopic (exact) mass is 1010 g/mol. The van der Waals surface area contributed by atoms with Crippen LogP contribution in [0.25, 0.3) is 0 Å². The highest BCUT2D eigenvalue weighted by Gasteiger charge is 2.61. The number of cyclic esters (lactones) is 2. The number of aliphatic hydroxyl groups excluding tert-OH is 3. The molecule has 0 radical (unpaired) electrons. The van der Waals surface area contributed by atoms with E-state index in [0.717, 1.165) is 0 Å². The Hall–Kier alpha value is -6.46. The zero-order valence-corrected chi connectivity index (χ0v) is 40.3. The van der Waals surface area contributed by atoms with Gasteiger partial charge < -0.3 is 91.5 Å². The summed E-state index contributed by atoms with van der Waals surface area (Å²) in [5.74, 6) is -2.03. The Morgan fingerprint density at radius 3 is 1.99 bits per heavy atom. The Labute approximate surface area is 417 Å². The maximum Gasteiger partial charge on any atom is 0.313 e. The first-order chi connectivity index (χ1) is 35.3. The largest absolute Gasteiger partial charge is 0.502 e. The van der Waals surface area contributed by atoms with E-state index in [-0.39, 0.29) is 75.4 Å². The molecule has 4 aromatic carbocycles. The number of aromatic hydroxyl groups is 1.